The van der Waals surface area contributed by atoms with Crippen LogP contribution in [-0.2, 0) is 11.3 Å². The summed E-state index contributed by atoms with van der Waals surface area (Å²) in [5.41, 5.74) is 6.97. The van der Waals surface area contributed by atoms with Crippen molar-refractivity contribution in [3.8, 4) is 0 Å². The van der Waals surface area contributed by atoms with Crippen LogP contribution in [0, 0.1) is 0 Å². The molecule has 2 aliphatic rings. The van der Waals surface area contributed by atoms with E-state index in [0.29, 0.717) is 12.4 Å². The number of benzene rings is 1. The lowest BCUT2D eigenvalue weighted by Crippen LogP contribution is -2.47. The van der Waals surface area contributed by atoms with Gasteiger partial charge in [-0.05, 0) is 18.4 Å². The summed E-state index contributed by atoms with van der Waals surface area (Å²) in [5.74, 6) is 0.382. The van der Waals surface area contributed by atoms with E-state index < -0.39 is 0 Å². The molecule has 2 unspecified atom stereocenters. The number of aliphatic imine (C=N–C) groups is 1. The second-order valence-corrected chi connectivity index (χ2v) is 4.93. The lowest BCUT2D eigenvalue weighted by molar-refractivity contribution is 0.0652. The van der Waals surface area contributed by atoms with Crippen LogP contribution in [-0.4, -0.2) is 35.5 Å². The van der Waals surface area contributed by atoms with Gasteiger partial charge < -0.3 is 15.4 Å². The Morgan fingerprint density at radius 2 is 2.16 bits per heavy atom. The molecule has 0 aliphatic carbocycles. The molecular formula is C14H17N3O2. The number of ether oxygens (including phenoxy) is 1. The highest BCUT2D eigenvalue weighted by atomic mass is 16.5. The molecule has 1 fully saturated rings. The molecule has 0 radical (unpaired) electrons. The Morgan fingerprint density at radius 1 is 1.37 bits per heavy atom. The zero-order valence-corrected chi connectivity index (χ0v) is 10.7. The fourth-order valence-electron chi connectivity index (χ4n) is 2.71. The number of carbonyl (C=O) groups is 1. The third-order valence-corrected chi connectivity index (χ3v) is 3.62. The van der Waals surface area contributed by atoms with E-state index in [2.05, 4.69) is 4.99 Å². The van der Waals surface area contributed by atoms with Crippen LogP contribution >= 0.6 is 0 Å². The second kappa shape index (κ2) is 5.01. The van der Waals surface area contributed by atoms with Gasteiger partial charge in [-0.25, -0.2) is 4.79 Å². The van der Waals surface area contributed by atoms with Crippen molar-refractivity contribution in [3.63, 3.8) is 0 Å². The van der Waals surface area contributed by atoms with Crippen LogP contribution in [0.2, 0.25) is 0 Å². The number of hydrogen-bond donors (Lipinski definition) is 1. The minimum Gasteiger partial charge on any atom is -0.385 e. The molecule has 1 saturated heterocycles. The second-order valence-electron chi connectivity index (χ2n) is 4.93. The molecule has 3 rings (SSSR count). The Kier molecular flexibility index (Phi) is 3.21. The number of nitrogens with zero attached hydrogens (tertiary/aromatic N) is 2. The van der Waals surface area contributed by atoms with Crippen molar-refractivity contribution >= 4 is 11.9 Å². The minimum atomic E-state index is -0.262. The van der Waals surface area contributed by atoms with Gasteiger partial charge in [-0.1, -0.05) is 30.3 Å². The number of rotatable bonds is 3. The van der Waals surface area contributed by atoms with Crippen LogP contribution in [0.25, 0.3) is 0 Å². The topological polar surface area (TPSA) is 67.9 Å². The third kappa shape index (κ3) is 2.33. The summed E-state index contributed by atoms with van der Waals surface area (Å²) in [6.07, 6.45) is 1.93. The van der Waals surface area contributed by atoms with Gasteiger partial charge in [0.15, 0.2) is 0 Å². The molecule has 0 aromatic heterocycles. The summed E-state index contributed by atoms with van der Waals surface area (Å²) in [7, 11) is 0. The van der Waals surface area contributed by atoms with E-state index in [-0.39, 0.29) is 18.2 Å². The Bertz CT molecular complexity index is 495. The molecule has 2 N–H and O–H groups in total. The van der Waals surface area contributed by atoms with Crippen LogP contribution in [0.15, 0.2) is 35.3 Å². The van der Waals surface area contributed by atoms with Crippen molar-refractivity contribution in [3.05, 3.63) is 35.9 Å². The smallest absolute Gasteiger partial charge is 0.346 e. The summed E-state index contributed by atoms with van der Waals surface area (Å²) in [6, 6.07) is 9.39. The average molecular weight is 259 g/mol. The molecule has 0 saturated carbocycles. The quantitative estimate of drug-likeness (QED) is 0.895. The number of amidine groups is 1. The average Bonchev–Trinajstić information content (AvgIpc) is 3.00. The van der Waals surface area contributed by atoms with Crippen LogP contribution in [0.5, 0.6) is 0 Å². The number of hydrogen-bond acceptors (Lipinski definition) is 3. The van der Waals surface area contributed by atoms with Crippen LogP contribution in [0.1, 0.15) is 18.4 Å². The van der Waals surface area contributed by atoms with Gasteiger partial charge in [-0.3, -0.25) is 0 Å². The molecule has 2 atom stereocenters. The zero-order valence-electron chi connectivity index (χ0n) is 10.7. The fraction of sp³-hybridized carbons (Fsp3) is 0.429. The van der Waals surface area contributed by atoms with Crippen molar-refractivity contribution in [1.29, 1.82) is 0 Å². The lowest BCUT2D eigenvalue weighted by atomic mass is 10.1. The van der Waals surface area contributed by atoms with E-state index in [1.807, 2.05) is 30.3 Å². The Morgan fingerprint density at radius 3 is 2.84 bits per heavy atom. The highest BCUT2D eigenvalue weighted by molar-refractivity contribution is 6.03. The van der Waals surface area contributed by atoms with Crippen LogP contribution in [0.4, 0.5) is 4.79 Å². The molecule has 0 bridgehead atoms. The molecule has 1 aromatic rings. The molecule has 19 heavy (non-hydrogen) atoms. The van der Waals surface area contributed by atoms with Gasteiger partial charge in [0.1, 0.15) is 11.9 Å². The van der Waals surface area contributed by atoms with Gasteiger partial charge in [-0.2, -0.15) is 4.99 Å². The molecule has 5 nitrogen and oxygen atoms in total. The maximum Gasteiger partial charge on any atom is 0.346 e. The van der Waals surface area contributed by atoms with Crippen molar-refractivity contribution in [2.75, 3.05) is 6.61 Å². The largest absolute Gasteiger partial charge is 0.385 e. The standard InChI is InChI=1S/C14H17N3O2/c15-13-12(11-7-4-8-19-11)17(14(18)16-13)9-10-5-2-1-3-6-10/h1-3,5-6,11-12H,4,7-9H2,(H2,15,16,18). The SMILES string of the molecule is NC1=NC(=O)N(Cc2ccccc2)C1C1CCCO1. The Balaban J connectivity index is 1.80. The summed E-state index contributed by atoms with van der Waals surface area (Å²) >= 11 is 0. The first kappa shape index (κ1) is 12.2. The van der Waals surface area contributed by atoms with Gasteiger partial charge in [0.2, 0.25) is 0 Å². The monoisotopic (exact) mass is 259 g/mol. The Labute approximate surface area is 112 Å². The molecular weight excluding hydrogens is 242 g/mol. The van der Waals surface area contributed by atoms with Crippen molar-refractivity contribution in [2.24, 2.45) is 10.7 Å². The van der Waals surface area contributed by atoms with Crippen molar-refractivity contribution in [1.82, 2.24) is 4.90 Å². The molecule has 2 heterocycles. The maximum atomic E-state index is 12.0. The minimum absolute atomic E-state index is 0.0149. The molecule has 0 spiro atoms. The van der Waals surface area contributed by atoms with E-state index in [4.69, 9.17) is 10.5 Å². The normalized spacial score (nSPS) is 26.8. The van der Waals surface area contributed by atoms with Crippen molar-refractivity contribution < 1.29 is 9.53 Å². The maximum absolute atomic E-state index is 12.0. The highest BCUT2D eigenvalue weighted by Gasteiger charge is 2.40. The van der Waals surface area contributed by atoms with Crippen LogP contribution in [0.3, 0.4) is 0 Å². The summed E-state index contributed by atoms with van der Waals surface area (Å²) in [4.78, 5) is 17.6. The first-order chi connectivity index (χ1) is 9.25. The van der Waals surface area contributed by atoms with Gasteiger partial charge >= 0.3 is 6.03 Å². The first-order valence-corrected chi connectivity index (χ1v) is 6.56. The van der Waals surface area contributed by atoms with Gasteiger partial charge in [-0.15, -0.1) is 0 Å². The Hall–Kier alpha value is -1.88. The van der Waals surface area contributed by atoms with E-state index in [1.54, 1.807) is 4.90 Å². The fourth-order valence-corrected chi connectivity index (χ4v) is 2.71. The zero-order chi connectivity index (χ0) is 13.2. The third-order valence-electron chi connectivity index (χ3n) is 3.62. The predicted molar refractivity (Wildman–Crippen MR) is 71.8 cm³/mol. The molecule has 2 amide bonds. The van der Waals surface area contributed by atoms with E-state index >= 15 is 0 Å². The lowest BCUT2D eigenvalue weighted by Gasteiger charge is -2.28. The predicted octanol–water partition coefficient (Wildman–Crippen LogP) is 1.53. The number of nitrogens with two attached hydrogens (primary N) is 1. The van der Waals surface area contributed by atoms with Crippen LogP contribution < -0.4 is 5.73 Å². The number of amides is 2. The van der Waals surface area contributed by atoms with Gasteiger partial charge in [0.05, 0.1) is 6.10 Å². The molecule has 2 aliphatic heterocycles. The van der Waals surface area contributed by atoms with E-state index in [0.717, 1.165) is 25.0 Å². The summed E-state index contributed by atoms with van der Waals surface area (Å²) in [6.45, 7) is 1.26. The summed E-state index contributed by atoms with van der Waals surface area (Å²) in [5, 5.41) is 0. The van der Waals surface area contributed by atoms with Gasteiger partial charge in [0, 0.05) is 13.2 Å². The van der Waals surface area contributed by atoms with Crippen molar-refractivity contribution in [2.45, 2.75) is 31.5 Å². The molecule has 100 valence electrons. The number of carbonyl (C=O) groups excluding carboxylic acids is 1. The molecule has 5 heteroatoms. The summed E-state index contributed by atoms with van der Waals surface area (Å²) < 4.78 is 5.67. The van der Waals surface area contributed by atoms with E-state index in [9.17, 15) is 4.79 Å². The van der Waals surface area contributed by atoms with Gasteiger partial charge in [0.25, 0.3) is 0 Å². The van der Waals surface area contributed by atoms with E-state index in [1.165, 1.54) is 0 Å². The molecule has 1 aromatic carbocycles. The number of urea groups is 1. The highest BCUT2D eigenvalue weighted by Crippen LogP contribution is 2.25. The first-order valence-electron chi connectivity index (χ1n) is 6.56.